The summed E-state index contributed by atoms with van der Waals surface area (Å²) in [5.74, 6) is 0. The minimum Gasteiger partial charge on any atom is -0.389 e. The Morgan fingerprint density at radius 2 is 2.41 bits per heavy atom. The number of thiocarbonyl (C=S) groups is 1. The molecule has 1 fully saturated rings. The van der Waals surface area contributed by atoms with E-state index < -0.39 is 0 Å². The number of hydrogen-bond donors (Lipinski definition) is 1. The van der Waals surface area contributed by atoms with Crippen LogP contribution in [0, 0.1) is 0 Å². The van der Waals surface area contributed by atoms with E-state index in [1.807, 2.05) is 12.1 Å². The van der Waals surface area contributed by atoms with Gasteiger partial charge in [-0.2, -0.15) is 0 Å². The summed E-state index contributed by atoms with van der Waals surface area (Å²) in [5, 5.41) is 0.634. The van der Waals surface area contributed by atoms with Crippen molar-refractivity contribution in [2.75, 3.05) is 13.2 Å². The van der Waals surface area contributed by atoms with Gasteiger partial charge in [0.1, 0.15) is 4.99 Å². The molecule has 0 aliphatic carbocycles. The van der Waals surface area contributed by atoms with Crippen molar-refractivity contribution in [2.45, 2.75) is 19.1 Å². The van der Waals surface area contributed by atoms with Gasteiger partial charge in [0.2, 0.25) is 0 Å². The Kier molecular flexibility index (Phi) is 4.34. The highest BCUT2D eigenvalue weighted by Crippen LogP contribution is 2.20. The van der Waals surface area contributed by atoms with Crippen LogP contribution in [-0.2, 0) is 16.1 Å². The van der Waals surface area contributed by atoms with Gasteiger partial charge in [0, 0.05) is 17.2 Å². The Labute approximate surface area is 111 Å². The van der Waals surface area contributed by atoms with E-state index in [1.165, 1.54) is 0 Å². The third kappa shape index (κ3) is 3.39. The average molecular weight is 272 g/mol. The second-order valence-electron chi connectivity index (χ2n) is 3.97. The molecule has 1 aliphatic heterocycles. The lowest BCUT2D eigenvalue weighted by Crippen LogP contribution is -2.13. The Bertz CT molecular complexity index is 419. The SMILES string of the molecule is NC(=S)c1ccc(COC2CCOC2)c(Cl)c1. The van der Waals surface area contributed by atoms with E-state index in [9.17, 15) is 0 Å². The maximum Gasteiger partial charge on any atom is 0.104 e. The highest BCUT2D eigenvalue weighted by Gasteiger charge is 2.16. The zero-order chi connectivity index (χ0) is 12.3. The van der Waals surface area contributed by atoms with E-state index >= 15 is 0 Å². The first-order valence-corrected chi connectivity index (χ1v) is 6.23. The molecule has 1 aliphatic rings. The molecule has 0 saturated carbocycles. The monoisotopic (exact) mass is 271 g/mol. The van der Waals surface area contributed by atoms with E-state index in [2.05, 4.69) is 0 Å². The highest BCUT2D eigenvalue weighted by atomic mass is 35.5. The van der Waals surface area contributed by atoms with E-state index in [4.69, 9.17) is 39.0 Å². The van der Waals surface area contributed by atoms with Gasteiger partial charge in [0.15, 0.2) is 0 Å². The van der Waals surface area contributed by atoms with Crippen molar-refractivity contribution in [1.82, 2.24) is 0 Å². The summed E-state index contributed by atoms with van der Waals surface area (Å²) < 4.78 is 10.9. The molecule has 0 amide bonds. The van der Waals surface area contributed by atoms with Crippen molar-refractivity contribution < 1.29 is 9.47 Å². The molecule has 1 unspecified atom stereocenters. The van der Waals surface area contributed by atoms with Crippen LogP contribution in [0.2, 0.25) is 5.02 Å². The Balaban J connectivity index is 1.98. The summed E-state index contributed by atoms with van der Waals surface area (Å²) in [6.45, 7) is 1.94. The normalized spacial score (nSPS) is 19.5. The minimum absolute atomic E-state index is 0.182. The van der Waals surface area contributed by atoms with E-state index in [0.29, 0.717) is 23.2 Å². The summed E-state index contributed by atoms with van der Waals surface area (Å²) in [7, 11) is 0. The molecule has 92 valence electrons. The van der Waals surface area contributed by atoms with Crippen molar-refractivity contribution in [2.24, 2.45) is 5.73 Å². The van der Waals surface area contributed by atoms with Gasteiger partial charge in [-0.3, -0.25) is 0 Å². The van der Waals surface area contributed by atoms with Crippen LogP contribution in [0.25, 0.3) is 0 Å². The van der Waals surface area contributed by atoms with Crippen LogP contribution in [0.4, 0.5) is 0 Å². The van der Waals surface area contributed by atoms with Gasteiger partial charge in [-0.05, 0) is 18.1 Å². The van der Waals surface area contributed by atoms with Crippen molar-refractivity contribution in [3.63, 3.8) is 0 Å². The largest absolute Gasteiger partial charge is 0.389 e. The molecule has 1 saturated heterocycles. The topological polar surface area (TPSA) is 44.5 Å². The Hall–Kier alpha value is -0.680. The summed E-state index contributed by atoms with van der Waals surface area (Å²) in [6.07, 6.45) is 1.13. The number of hydrogen-bond acceptors (Lipinski definition) is 3. The fourth-order valence-corrected chi connectivity index (χ4v) is 2.03. The predicted octanol–water partition coefficient (Wildman–Crippen LogP) is 2.28. The average Bonchev–Trinajstić information content (AvgIpc) is 2.80. The summed E-state index contributed by atoms with van der Waals surface area (Å²) >= 11 is 11.0. The first kappa shape index (κ1) is 12.8. The molecule has 0 aromatic heterocycles. The molecule has 1 atom stereocenters. The van der Waals surface area contributed by atoms with Crippen LogP contribution in [0.15, 0.2) is 18.2 Å². The minimum atomic E-state index is 0.182. The van der Waals surface area contributed by atoms with Crippen molar-refractivity contribution >= 4 is 28.8 Å². The van der Waals surface area contributed by atoms with Crippen molar-refractivity contribution in [3.8, 4) is 0 Å². The fraction of sp³-hybridized carbons (Fsp3) is 0.417. The smallest absolute Gasteiger partial charge is 0.104 e. The number of rotatable bonds is 4. The summed E-state index contributed by atoms with van der Waals surface area (Å²) in [5.41, 5.74) is 7.25. The quantitative estimate of drug-likeness (QED) is 0.854. The first-order chi connectivity index (χ1) is 8.16. The number of halogens is 1. The van der Waals surface area contributed by atoms with Gasteiger partial charge < -0.3 is 15.2 Å². The molecular weight excluding hydrogens is 258 g/mol. The molecule has 0 spiro atoms. The maximum absolute atomic E-state index is 6.13. The van der Waals surface area contributed by atoms with E-state index in [0.717, 1.165) is 24.2 Å². The molecule has 0 radical (unpaired) electrons. The van der Waals surface area contributed by atoms with Gasteiger partial charge in [-0.15, -0.1) is 0 Å². The van der Waals surface area contributed by atoms with Crippen molar-refractivity contribution in [3.05, 3.63) is 34.3 Å². The molecule has 2 rings (SSSR count). The molecule has 2 N–H and O–H groups in total. The molecule has 1 heterocycles. The molecule has 0 bridgehead atoms. The van der Waals surface area contributed by atoms with Crippen LogP contribution in [0.3, 0.4) is 0 Å². The van der Waals surface area contributed by atoms with Crippen molar-refractivity contribution in [1.29, 1.82) is 0 Å². The maximum atomic E-state index is 6.13. The van der Waals surface area contributed by atoms with Gasteiger partial charge >= 0.3 is 0 Å². The van der Waals surface area contributed by atoms with Crippen LogP contribution in [-0.4, -0.2) is 24.3 Å². The molecule has 3 nitrogen and oxygen atoms in total. The molecule has 5 heteroatoms. The van der Waals surface area contributed by atoms with Gasteiger partial charge in [-0.1, -0.05) is 36.0 Å². The standard InChI is InChI=1S/C12H14ClNO2S/c13-11-5-8(12(14)17)1-2-9(11)6-16-10-3-4-15-7-10/h1-2,5,10H,3-4,6-7H2,(H2,14,17). The number of nitrogens with two attached hydrogens (primary N) is 1. The summed E-state index contributed by atoms with van der Waals surface area (Å²) in [6, 6.07) is 5.53. The van der Waals surface area contributed by atoms with Crippen LogP contribution < -0.4 is 5.73 Å². The lowest BCUT2D eigenvalue weighted by atomic mass is 10.1. The second kappa shape index (κ2) is 5.78. The van der Waals surface area contributed by atoms with E-state index in [1.54, 1.807) is 6.07 Å². The number of ether oxygens (including phenoxy) is 2. The lowest BCUT2D eigenvalue weighted by molar-refractivity contribution is 0.0318. The van der Waals surface area contributed by atoms with Crippen LogP contribution in [0.5, 0.6) is 0 Å². The Morgan fingerprint density at radius 1 is 1.59 bits per heavy atom. The zero-order valence-corrected chi connectivity index (χ0v) is 10.9. The zero-order valence-electron chi connectivity index (χ0n) is 9.32. The third-order valence-electron chi connectivity index (χ3n) is 2.70. The third-order valence-corrected chi connectivity index (χ3v) is 3.29. The van der Waals surface area contributed by atoms with Crippen LogP contribution >= 0.6 is 23.8 Å². The second-order valence-corrected chi connectivity index (χ2v) is 4.81. The molecular formula is C12H14ClNO2S. The first-order valence-electron chi connectivity index (χ1n) is 5.44. The van der Waals surface area contributed by atoms with Gasteiger partial charge in [0.25, 0.3) is 0 Å². The highest BCUT2D eigenvalue weighted by molar-refractivity contribution is 7.80. The van der Waals surface area contributed by atoms with Gasteiger partial charge in [0.05, 0.1) is 19.3 Å². The predicted molar refractivity (Wildman–Crippen MR) is 71.4 cm³/mol. The lowest BCUT2D eigenvalue weighted by Gasteiger charge is -2.11. The van der Waals surface area contributed by atoms with Crippen LogP contribution in [0.1, 0.15) is 17.5 Å². The fourth-order valence-electron chi connectivity index (χ4n) is 1.67. The Morgan fingerprint density at radius 3 is 3.00 bits per heavy atom. The molecule has 1 aromatic carbocycles. The molecule has 1 aromatic rings. The molecule has 17 heavy (non-hydrogen) atoms. The number of benzene rings is 1. The summed E-state index contributed by atoms with van der Waals surface area (Å²) in [4.78, 5) is 0.351. The van der Waals surface area contributed by atoms with E-state index in [-0.39, 0.29) is 6.10 Å². The van der Waals surface area contributed by atoms with Gasteiger partial charge in [-0.25, -0.2) is 0 Å².